The number of carbonyl (C=O) groups excluding carboxylic acids is 3. The average molecular weight is 373 g/mol. The van der Waals surface area contributed by atoms with E-state index in [1.54, 1.807) is 27.7 Å². The molecule has 10 heteroatoms. The van der Waals surface area contributed by atoms with Crippen molar-refractivity contribution in [2.24, 2.45) is 0 Å². The molecule has 0 spiro atoms. The number of amides is 4. The maximum absolute atomic E-state index is 12.0. The minimum Gasteiger partial charge on any atom is -0.501 e. The van der Waals surface area contributed by atoms with Crippen LogP contribution in [0, 0.1) is 0 Å². The molecule has 0 bridgehead atoms. The molecule has 0 aromatic heterocycles. The molecular formula is C16H27N3O7. The molecule has 1 rings (SSSR count). The van der Waals surface area contributed by atoms with E-state index in [2.05, 4.69) is 5.32 Å². The molecule has 1 aliphatic rings. The van der Waals surface area contributed by atoms with E-state index in [-0.39, 0.29) is 13.1 Å². The van der Waals surface area contributed by atoms with Gasteiger partial charge in [-0.3, -0.25) is 10.1 Å². The zero-order valence-corrected chi connectivity index (χ0v) is 15.4. The van der Waals surface area contributed by atoms with E-state index >= 15 is 0 Å². The molecule has 4 N–H and O–H groups in total. The highest BCUT2D eigenvalue weighted by atomic mass is 16.6. The fraction of sp³-hybridized carbons (Fsp3) is 0.688. The summed E-state index contributed by atoms with van der Waals surface area (Å²) in [7, 11) is 0. The van der Waals surface area contributed by atoms with Crippen molar-refractivity contribution in [3.05, 3.63) is 12.3 Å². The largest absolute Gasteiger partial charge is 0.501 e. The van der Waals surface area contributed by atoms with E-state index in [4.69, 9.17) is 9.47 Å². The molecule has 1 aliphatic heterocycles. The van der Waals surface area contributed by atoms with Crippen LogP contribution in [0.15, 0.2) is 12.3 Å². The maximum atomic E-state index is 12.0. The van der Waals surface area contributed by atoms with Crippen molar-refractivity contribution in [1.29, 1.82) is 0 Å². The average Bonchev–Trinajstić information content (AvgIpc) is 2.49. The summed E-state index contributed by atoms with van der Waals surface area (Å²) < 4.78 is 10.0. The number of carbonyl (C=O) groups is 3. The number of nitrogens with one attached hydrogen (secondary N) is 2. The SMILES string of the molecule is CCO/C=C/C(=O)NC(=O)NC1[C@H](O)CN(C(=O)OC(C)(C)C)C[C@@H]1O. The molecule has 0 saturated carbocycles. The first-order valence-corrected chi connectivity index (χ1v) is 8.27. The predicted octanol–water partition coefficient (Wildman–Crippen LogP) is -0.296. The van der Waals surface area contributed by atoms with Crippen molar-refractivity contribution in [1.82, 2.24) is 15.5 Å². The maximum Gasteiger partial charge on any atom is 0.410 e. The lowest BCUT2D eigenvalue weighted by molar-refractivity contribution is -0.115. The van der Waals surface area contributed by atoms with Gasteiger partial charge in [0.2, 0.25) is 0 Å². The van der Waals surface area contributed by atoms with Gasteiger partial charge in [0.05, 0.1) is 44.2 Å². The topological polar surface area (TPSA) is 137 Å². The van der Waals surface area contributed by atoms with Crippen LogP contribution in [0.4, 0.5) is 9.59 Å². The van der Waals surface area contributed by atoms with E-state index in [0.29, 0.717) is 6.61 Å². The van der Waals surface area contributed by atoms with Crippen molar-refractivity contribution >= 4 is 18.0 Å². The van der Waals surface area contributed by atoms with Crippen molar-refractivity contribution in [3.8, 4) is 0 Å². The van der Waals surface area contributed by atoms with Gasteiger partial charge in [-0.1, -0.05) is 0 Å². The summed E-state index contributed by atoms with van der Waals surface area (Å²) in [5.74, 6) is -0.717. The lowest BCUT2D eigenvalue weighted by atomic mass is 9.99. The Hall–Kier alpha value is -2.33. The molecule has 3 atom stereocenters. The van der Waals surface area contributed by atoms with Gasteiger partial charge in [-0.05, 0) is 27.7 Å². The molecule has 0 aromatic carbocycles. The predicted molar refractivity (Wildman–Crippen MR) is 91.0 cm³/mol. The highest BCUT2D eigenvalue weighted by Crippen LogP contribution is 2.16. The van der Waals surface area contributed by atoms with Crippen LogP contribution in [0.2, 0.25) is 0 Å². The minimum absolute atomic E-state index is 0.130. The molecule has 0 aliphatic carbocycles. The summed E-state index contributed by atoms with van der Waals surface area (Å²) in [5.41, 5.74) is -0.711. The summed E-state index contributed by atoms with van der Waals surface area (Å²) in [4.78, 5) is 36.5. The highest BCUT2D eigenvalue weighted by Gasteiger charge is 2.39. The number of ether oxygens (including phenoxy) is 2. The van der Waals surface area contributed by atoms with Crippen LogP contribution in [-0.4, -0.2) is 76.7 Å². The Morgan fingerprint density at radius 2 is 1.77 bits per heavy atom. The Morgan fingerprint density at radius 1 is 1.19 bits per heavy atom. The van der Waals surface area contributed by atoms with Gasteiger partial charge in [0.25, 0.3) is 5.91 Å². The van der Waals surface area contributed by atoms with Crippen molar-refractivity contribution in [3.63, 3.8) is 0 Å². The Kier molecular flexibility index (Phi) is 7.84. The van der Waals surface area contributed by atoms with Crippen LogP contribution in [0.1, 0.15) is 27.7 Å². The molecule has 1 fully saturated rings. The molecule has 0 radical (unpaired) electrons. The molecule has 1 saturated heterocycles. The standard InChI is InChI=1S/C16H27N3O7/c1-5-25-7-6-12(22)17-14(23)18-13-10(20)8-19(9-11(13)21)15(24)26-16(2,3)4/h6-7,10-11,13,20-21H,5,8-9H2,1-4H3,(H2,17,18,22,23)/b7-6+/t10-,11+,13?. The first kappa shape index (κ1) is 21.7. The molecule has 148 valence electrons. The number of urea groups is 1. The van der Waals surface area contributed by atoms with Crippen molar-refractivity contribution < 1.29 is 34.1 Å². The number of piperidine rings is 1. The molecule has 0 aromatic rings. The van der Waals surface area contributed by atoms with Gasteiger partial charge in [0.15, 0.2) is 0 Å². The summed E-state index contributed by atoms with van der Waals surface area (Å²) in [6, 6.07) is -1.93. The number of imide groups is 1. The Balaban J connectivity index is 2.56. The van der Waals surface area contributed by atoms with Crippen molar-refractivity contribution in [2.75, 3.05) is 19.7 Å². The first-order valence-electron chi connectivity index (χ1n) is 8.27. The first-order chi connectivity index (χ1) is 12.0. The number of β-amino-alcohol motifs (C(OH)–C–C–N with tert-alkyl or cyclic N) is 2. The van der Waals surface area contributed by atoms with Crippen molar-refractivity contribution in [2.45, 2.75) is 51.5 Å². The van der Waals surface area contributed by atoms with Crippen LogP contribution >= 0.6 is 0 Å². The fourth-order valence-corrected chi connectivity index (χ4v) is 2.22. The monoisotopic (exact) mass is 373 g/mol. The van der Waals surface area contributed by atoms with E-state index in [9.17, 15) is 24.6 Å². The molecule has 4 amide bonds. The molecule has 1 heterocycles. The van der Waals surface area contributed by atoms with Gasteiger partial charge < -0.3 is 29.9 Å². The Labute approximate surface area is 152 Å². The van der Waals surface area contributed by atoms with Crippen LogP contribution in [-0.2, 0) is 14.3 Å². The number of hydrogen-bond donors (Lipinski definition) is 4. The van der Waals surface area contributed by atoms with Crippen LogP contribution < -0.4 is 10.6 Å². The normalized spacial score (nSPS) is 23.5. The Bertz CT molecular complexity index is 532. The van der Waals surface area contributed by atoms with Gasteiger partial charge in [0.1, 0.15) is 5.60 Å². The van der Waals surface area contributed by atoms with Crippen LogP contribution in [0.25, 0.3) is 0 Å². The lowest BCUT2D eigenvalue weighted by Crippen LogP contribution is -2.64. The second-order valence-electron chi connectivity index (χ2n) is 6.77. The van der Waals surface area contributed by atoms with Gasteiger partial charge in [-0.2, -0.15) is 0 Å². The van der Waals surface area contributed by atoms with E-state index in [1.807, 2.05) is 5.32 Å². The van der Waals surface area contributed by atoms with Gasteiger partial charge in [0, 0.05) is 6.08 Å². The Morgan fingerprint density at radius 3 is 2.27 bits per heavy atom. The van der Waals surface area contributed by atoms with Gasteiger partial charge in [-0.25, -0.2) is 9.59 Å². The summed E-state index contributed by atoms with van der Waals surface area (Å²) in [6.07, 6.45) is -0.959. The third kappa shape index (κ3) is 7.28. The van der Waals surface area contributed by atoms with Crippen LogP contribution in [0.5, 0.6) is 0 Å². The summed E-state index contributed by atoms with van der Waals surface area (Å²) in [5, 5.41) is 24.6. The van der Waals surface area contributed by atoms with E-state index in [1.165, 1.54) is 0 Å². The molecule has 1 unspecified atom stereocenters. The second kappa shape index (κ2) is 9.39. The van der Waals surface area contributed by atoms with Crippen LogP contribution in [0.3, 0.4) is 0 Å². The quantitative estimate of drug-likeness (QED) is 0.392. The number of hydrogen-bond acceptors (Lipinski definition) is 7. The molecule has 26 heavy (non-hydrogen) atoms. The number of aliphatic hydroxyl groups is 2. The number of likely N-dealkylation sites (tertiary alicyclic amines) is 1. The lowest BCUT2D eigenvalue weighted by Gasteiger charge is -2.39. The van der Waals surface area contributed by atoms with E-state index < -0.39 is 41.9 Å². The summed E-state index contributed by atoms with van der Waals surface area (Å²) >= 11 is 0. The molecule has 10 nitrogen and oxygen atoms in total. The van der Waals surface area contributed by atoms with Gasteiger partial charge in [-0.15, -0.1) is 0 Å². The number of rotatable bonds is 4. The van der Waals surface area contributed by atoms with Gasteiger partial charge >= 0.3 is 12.1 Å². The number of nitrogens with zero attached hydrogens (tertiary/aromatic N) is 1. The summed E-state index contributed by atoms with van der Waals surface area (Å²) in [6.45, 7) is 6.96. The van der Waals surface area contributed by atoms with E-state index in [0.717, 1.165) is 17.2 Å². The zero-order valence-electron chi connectivity index (χ0n) is 15.4. The zero-order chi connectivity index (χ0) is 19.9. The third-order valence-electron chi connectivity index (χ3n) is 3.31. The molecular weight excluding hydrogens is 346 g/mol. The fourth-order valence-electron chi connectivity index (χ4n) is 2.22. The smallest absolute Gasteiger partial charge is 0.410 e. The highest BCUT2D eigenvalue weighted by molar-refractivity contribution is 6.00. The third-order valence-corrected chi connectivity index (χ3v) is 3.31. The minimum atomic E-state index is -1.23. The number of aliphatic hydroxyl groups excluding tert-OH is 2. The second-order valence-corrected chi connectivity index (χ2v) is 6.77.